The van der Waals surface area contributed by atoms with E-state index in [0.717, 1.165) is 22.2 Å². The first-order valence-electron chi connectivity index (χ1n) is 12.0. The van der Waals surface area contributed by atoms with E-state index in [4.69, 9.17) is 0 Å². The molecule has 1 aliphatic rings. The van der Waals surface area contributed by atoms with Gasteiger partial charge in [0, 0.05) is 9.62 Å². The Labute approximate surface area is 233 Å². The summed E-state index contributed by atoms with van der Waals surface area (Å²) in [6.07, 6.45) is 0.0479. The topological polar surface area (TPSA) is 140 Å². The Morgan fingerprint density at radius 2 is 2.03 bits per heavy atom. The SMILES string of the molecule is CC1(C)SCN(C(=O)C(O)C(Cc2ccccc2)NC(=O)CSc2ncn[nH]2)C1C(=O)NCc1cccs1. The van der Waals surface area contributed by atoms with E-state index in [9.17, 15) is 19.5 Å². The van der Waals surface area contributed by atoms with E-state index in [1.165, 1.54) is 23.0 Å². The number of aliphatic hydroxyl groups is 1. The van der Waals surface area contributed by atoms with Gasteiger partial charge in [0.2, 0.25) is 11.8 Å². The Bertz CT molecular complexity index is 1210. The van der Waals surface area contributed by atoms with E-state index >= 15 is 0 Å². The second-order valence-corrected chi connectivity index (χ2v) is 12.9. The largest absolute Gasteiger partial charge is 0.381 e. The van der Waals surface area contributed by atoms with Crippen LogP contribution in [0.5, 0.6) is 0 Å². The number of nitrogens with one attached hydrogen (secondary N) is 3. The van der Waals surface area contributed by atoms with E-state index in [1.54, 1.807) is 11.3 Å². The molecule has 38 heavy (non-hydrogen) atoms. The number of hydrogen-bond donors (Lipinski definition) is 4. The van der Waals surface area contributed by atoms with Gasteiger partial charge in [-0.3, -0.25) is 19.5 Å². The Morgan fingerprint density at radius 3 is 2.71 bits per heavy atom. The van der Waals surface area contributed by atoms with Crippen molar-refractivity contribution in [2.75, 3.05) is 11.6 Å². The Hall–Kier alpha value is -2.87. The van der Waals surface area contributed by atoms with Gasteiger partial charge in [-0.2, -0.15) is 5.10 Å². The molecule has 10 nitrogen and oxygen atoms in total. The van der Waals surface area contributed by atoms with Gasteiger partial charge >= 0.3 is 0 Å². The number of rotatable bonds is 11. The number of H-pyrrole nitrogens is 1. The molecule has 3 aromatic rings. The first-order valence-corrected chi connectivity index (χ1v) is 14.8. The molecule has 0 saturated carbocycles. The smallest absolute Gasteiger partial charge is 0.254 e. The van der Waals surface area contributed by atoms with Crippen LogP contribution in [-0.4, -0.2) is 77.5 Å². The van der Waals surface area contributed by atoms with Crippen LogP contribution >= 0.6 is 34.9 Å². The third-order valence-electron chi connectivity index (χ3n) is 6.11. The zero-order chi connectivity index (χ0) is 27.1. The molecular weight excluding hydrogens is 545 g/mol. The van der Waals surface area contributed by atoms with Crippen molar-refractivity contribution in [3.05, 3.63) is 64.6 Å². The summed E-state index contributed by atoms with van der Waals surface area (Å²) >= 11 is 4.18. The number of carbonyl (C=O) groups is 3. The Morgan fingerprint density at radius 1 is 1.24 bits per heavy atom. The van der Waals surface area contributed by atoms with Crippen molar-refractivity contribution < 1.29 is 19.5 Å². The minimum atomic E-state index is -1.54. The normalized spacial score (nSPS) is 18.1. The number of thiophene rings is 1. The fourth-order valence-electron chi connectivity index (χ4n) is 4.19. The highest BCUT2D eigenvalue weighted by Gasteiger charge is 2.49. The molecule has 202 valence electrons. The van der Waals surface area contributed by atoms with Gasteiger partial charge in [0.15, 0.2) is 11.3 Å². The van der Waals surface area contributed by atoms with Crippen molar-refractivity contribution in [2.45, 2.75) is 54.9 Å². The van der Waals surface area contributed by atoms with Gasteiger partial charge in [-0.05, 0) is 37.3 Å². The lowest BCUT2D eigenvalue weighted by molar-refractivity contribution is -0.147. The summed E-state index contributed by atoms with van der Waals surface area (Å²) in [5, 5.41) is 25.9. The minimum absolute atomic E-state index is 0.0295. The Balaban J connectivity index is 1.47. The van der Waals surface area contributed by atoms with Crippen molar-refractivity contribution in [2.24, 2.45) is 0 Å². The third-order valence-corrected chi connectivity index (χ3v) is 9.23. The molecule has 2 aromatic heterocycles. The maximum absolute atomic E-state index is 13.6. The number of benzene rings is 1. The lowest BCUT2D eigenvalue weighted by Gasteiger charge is -2.33. The van der Waals surface area contributed by atoms with Gasteiger partial charge in [0.25, 0.3) is 5.91 Å². The quantitative estimate of drug-likeness (QED) is 0.255. The second-order valence-electron chi connectivity index (χ2n) is 9.27. The monoisotopic (exact) mass is 574 g/mol. The van der Waals surface area contributed by atoms with Gasteiger partial charge in [0.1, 0.15) is 12.4 Å². The van der Waals surface area contributed by atoms with Crippen molar-refractivity contribution >= 4 is 52.6 Å². The molecule has 0 radical (unpaired) electrons. The van der Waals surface area contributed by atoms with Gasteiger partial charge in [-0.15, -0.1) is 23.1 Å². The first kappa shape index (κ1) is 28.1. The molecule has 0 aliphatic carbocycles. The lowest BCUT2D eigenvalue weighted by atomic mass is 9.97. The van der Waals surface area contributed by atoms with Crippen molar-refractivity contribution in [3.8, 4) is 0 Å². The van der Waals surface area contributed by atoms with E-state index < -0.39 is 28.8 Å². The molecule has 0 bridgehead atoms. The van der Waals surface area contributed by atoms with Crippen LogP contribution in [0.2, 0.25) is 0 Å². The van der Waals surface area contributed by atoms with Crippen LogP contribution in [0.15, 0.2) is 59.3 Å². The third kappa shape index (κ3) is 7.16. The van der Waals surface area contributed by atoms with Crippen molar-refractivity contribution in [1.82, 2.24) is 30.7 Å². The number of thioether (sulfide) groups is 2. The van der Waals surface area contributed by atoms with Gasteiger partial charge in [-0.1, -0.05) is 48.2 Å². The molecule has 4 rings (SSSR count). The number of amides is 3. The molecule has 4 N–H and O–H groups in total. The van der Waals surface area contributed by atoms with Gasteiger partial charge in [-0.25, -0.2) is 4.98 Å². The van der Waals surface area contributed by atoms with Crippen LogP contribution in [-0.2, 0) is 27.3 Å². The summed E-state index contributed by atoms with van der Waals surface area (Å²) in [7, 11) is 0. The second kappa shape index (κ2) is 12.8. The molecule has 1 aliphatic heterocycles. The summed E-state index contributed by atoms with van der Waals surface area (Å²) < 4.78 is -0.555. The number of carbonyl (C=O) groups excluding carboxylic acids is 3. The van der Waals surface area contributed by atoms with Crippen LogP contribution in [0, 0.1) is 0 Å². The van der Waals surface area contributed by atoms with Crippen molar-refractivity contribution in [1.29, 1.82) is 0 Å². The maximum atomic E-state index is 13.6. The molecule has 3 amide bonds. The minimum Gasteiger partial charge on any atom is -0.381 e. The van der Waals surface area contributed by atoms with E-state index in [2.05, 4.69) is 25.8 Å². The van der Waals surface area contributed by atoms with E-state index in [0.29, 0.717) is 11.7 Å². The highest BCUT2D eigenvalue weighted by Crippen LogP contribution is 2.40. The average molecular weight is 575 g/mol. The van der Waals surface area contributed by atoms with Gasteiger partial charge in [0.05, 0.1) is 24.2 Å². The molecule has 3 heterocycles. The Kier molecular flexibility index (Phi) is 9.47. The lowest BCUT2D eigenvalue weighted by Crippen LogP contribution is -2.58. The summed E-state index contributed by atoms with van der Waals surface area (Å²) in [6.45, 7) is 4.20. The number of aliphatic hydroxyl groups excluding tert-OH is 1. The number of hydrogen-bond acceptors (Lipinski definition) is 9. The van der Waals surface area contributed by atoms with Crippen LogP contribution in [0.25, 0.3) is 0 Å². The van der Waals surface area contributed by atoms with Crippen LogP contribution in [0.1, 0.15) is 24.3 Å². The molecule has 3 atom stereocenters. The highest BCUT2D eigenvalue weighted by molar-refractivity contribution is 8.01. The molecular formula is C25H30N6O4S3. The number of aromatic nitrogens is 3. The predicted molar refractivity (Wildman–Crippen MR) is 149 cm³/mol. The fraction of sp³-hybridized carbons (Fsp3) is 0.400. The van der Waals surface area contributed by atoms with E-state index in [1.807, 2.05) is 61.7 Å². The number of aromatic amines is 1. The number of nitrogens with zero attached hydrogens (tertiary/aromatic N) is 3. The summed E-state index contributed by atoms with van der Waals surface area (Å²) in [6, 6.07) is 11.5. The van der Waals surface area contributed by atoms with E-state index in [-0.39, 0.29) is 29.9 Å². The fourth-order valence-corrected chi connectivity index (χ4v) is 6.57. The average Bonchev–Trinajstić information content (AvgIpc) is 3.67. The van der Waals surface area contributed by atoms with Crippen LogP contribution in [0.4, 0.5) is 0 Å². The van der Waals surface area contributed by atoms with Crippen molar-refractivity contribution in [3.63, 3.8) is 0 Å². The first-order chi connectivity index (χ1) is 18.2. The zero-order valence-electron chi connectivity index (χ0n) is 21.0. The molecule has 1 aromatic carbocycles. The summed E-state index contributed by atoms with van der Waals surface area (Å²) in [5.74, 6) is -0.945. The summed E-state index contributed by atoms with van der Waals surface area (Å²) in [4.78, 5) is 46.1. The molecule has 0 spiro atoms. The van der Waals surface area contributed by atoms with Gasteiger partial charge < -0.3 is 20.6 Å². The molecule has 1 fully saturated rings. The standard InChI is InChI=1S/C25H30N6O4S3/c1-25(2)21(22(34)26-12-17-9-6-10-36-17)31(15-38-25)23(35)20(33)18(11-16-7-4-3-5-8-16)29-19(32)13-37-24-27-14-28-30-24/h3-10,14,18,20-21,33H,11-13,15H2,1-2H3,(H,26,34)(H,29,32)(H,27,28,30). The van der Waals surface area contributed by atoms with Crippen LogP contribution in [0.3, 0.4) is 0 Å². The predicted octanol–water partition coefficient (Wildman–Crippen LogP) is 2.04. The molecule has 13 heteroatoms. The zero-order valence-corrected chi connectivity index (χ0v) is 23.4. The maximum Gasteiger partial charge on any atom is 0.254 e. The molecule has 1 saturated heterocycles. The highest BCUT2D eigenvalue weighted by atomic mass is 32.2. The molecule has 3 unspecified atom stereocenters. The summed E-state index contributed by atoms with van der Waals surface area (Å²) in [5.41, 5.74) is 0.855. The van der Waals surface area contributed by atoms with Crippen LogP contribution < -0.4 is 10.6 Å².